The fourth-order valence-corrected chi connectivity index (χ4v) is 4.05. The Morgan fingerprint density at radius 3 is 1.68 bits per heavy atom. The Labute approximate surface area is 171 Å². The number of hydrogen-bond acceptors (Lipinski definition) is 1. The third kappa shape index (κ3) is 4.84. The summed E-state index contributed by atoms with van der Waals surface area (Å²) in [7, 11) is 0. The molecule has 1 aliphatic carbocycles. The van der Waals surface area contributed by atoms with Gasteiger partial charge in [-0.05, 0) is 67.6 Å². The van der Waals surface area contributed by atoms with Crippen LogP contribution in [0.5, 0.6) is 0 Å². The Kier molecular flexibility index (Phi) is 7.31. The highest BCUT2D eigenvalue weighted by molar-refractivity contribution is 5.76. The summed E-state index contributed by atoms with van der Waals surface area (Å²) in [4.78, 5) is 2.34. The second-order valence-corrected chi connectivity index (χ2v) is 7.43. The summed E-state index contributed by atoms with van der Waals surface area (Å²) in [6.07, 6.45) is 6.86. The number of benzene rings is 3. The minimum absolute atomic E-state index is 0.752. The van der Waals surface area contributed by atoms with Gasteiger partial charge < -0.3 is 4.90 Å². The molecule has 0 spiro atoms. The van der Waals surface area contributed by atoms with E-state index in [1.54, 1.807) is 0 Å². The number of nitrogens with zero attached hydrogens (tertiary/aromatic N) is 1. The third-order valence-electron chi connectivity index (χ3n) is 5.53. The normalized spacial score (nSPS) is 14.1. The van der Waals surface area contributed by atoms with E-state index in [-0.39, 0.29) is 0 Å². The average Bonchev–Trinajstić information content (AvgIpc) is 2.79. The monoisotopic (exact) mass is 371 g/mol. The van der Waals surface area contributed by atoms with Crippen LogP contribution >= 0.6 is 0 Å². The Morgan fingerprint density at radius 1 is 0.607 bits per heavy atom. The molecule has 28 heavy (non-hydrogen) atoms. The maximum absolute atomic E-state index is 2.34. The van der Waals surface area contributed by atoms with Crippen molar-refractivity contribution in [2.24, 2.45) is 0 Å². The molecule has 0 N–H and O–H groups in total. The van der Waals surface area contributed by atoms with Crippen molar-refractivity contribution in [3.63, 3.8) is 0 Å². The summed E-state index contributed by atoms with van der Waals surface area (Å²) in [5, 5.41) is 0. The molecule has 0 unspecified atom stereocenters. The summed E-state index contributed by atoms with van der Waals surface area (Å²) in [5.41, 5.74) is 6.41. The van der Waals surface area contributed by atoms with Crippen LogP contribution in [0.4, 0.5) is 17.1 Å². The zero-order valence-corrected chi connectivity index (χ0v) is 17.6. The quantitative estimate of drug-likeness (QED) is 0.444. The Bertz CT molecular complexity index is 812. The van der Waals surface area contributed by atoms with Gasteiger partial charge in [-0.1, -0.05) is 81.1 Å². The van der Waals surface area contributed by atoms with Gasteiger partial charge in [0.15, 0.2) is 0 Å². The lowest BCUT2D eigenvalue weighted by atomic mass is 9.84. The highest BCUT2D eigenvalue weighted by Gasteiger charge is 2.17. The van der Waals surface area contributed by atoms with Crippen LogP contribution in [-0.2, 0) is 0 Å². The van der Waals surface area contributed by atoms with Crippen molar-refractivity contribution in [3.05, 3.63) is 90.0 Å². The SMILES string of the molecule is CC.Cc1ccc(N(c2ccccc2)c2ccc(C3CCCCC3)cc2)cc1. The molecule has 0 amide bonds. The second-order valence-electron chi connectivity index (χ2n) is 7.43. The molecule has 0 saturated heterocycles. The van der Waals surface area contributed by atoms with E-state index in [1.807, 2.05) is 13.8 Å². The van der Waals surface area contributed by atoms with Gasteiger partial charge in [-0.2, -0.15) is 0 Å². The molecule has 1 aliphatic rings. The minimum atomic E-state index is 0.752. The molecule has 1 heteroatoms. The van der Waals surface area contributed by atoms with Crippen molar-refractivity contribution in [2.45, 2.75) is 58.8 Å². The largest absolute Gasteiger partial charge is 0.311 e. The fourth-order valence-electron chi connectivity index (χ4n) is 4.05. The van der Waals surface area contributed by atoms with Crippen molar-refractivity contribution in [1.29, 1.82) is 0 Å². The Hall–Kier alpha value is -2.54. The van der Waals surface area contributed by atoms with E-state index < -0.39 is 0 Å². The first-order valence-electron chi connectivity index (χ1n) is 10.8. The zero-order chi connectivity index (χ0) is 19.8. The number of hydrogen-bond donors (Lipinski definition) is 0. The predicted octanol–water partition coefficient (Wildman–Crippen LogP) is 8.54. The van der Waals surface area contributed by atoms with Crippen LogP contribution < -0.4 is 4.90 Å². The molecule has 1 saturated carbocycles. The lowest BCUT2D eigenvalue weighted by Gasteiger charge is -2.27. The number of aryl methyl sites for hydroxylation is 1. The van der Waals surface area contributed by atoms with E-state index in [0.29, 0.717) is 0 Å². The lowest BCUT2D eigenvalue weighted by Crippen LogP contribution is -2.10. The van der Waals surface area contributed by atoms with Gasteiger partial charge in [-0.15, -0.1) is 0 Å². The molecule has 4 rings (SSSR count). The van der Waals surface area contributed by atoms with Crippen molar-refractivity contribution in [1.82, 2.24) is 0 Å². The molecule has 1 nitrogen and oxygen atoms in total. The molecule has 3 aromatic rings. The van der Waals surface area contributed by atoms with Crippen LogP contribution in [0.1, 0.15) is 63.0 Å². The van der Waals surface area contributed by atoms with Gasteiger partial charge in [-0.3, -0.25) is 0 Å². The van der Waals surface area contributed by atoms with Gasteiger partial charge >= 0.3 is 0 Å². The van der Waals surface area contributed by atoms with E-state index in [9.17, 15) is 0 Å². The first-order valence-corrected chi connectivity index (χ1v) is 10.8. The number of para-hydroxylation sites is 1. The molecular weight excluding hydrogens is 338 g/mol. The molecule has 0 bridgehead atoms. The molecule has 0 aromatic heterocycles. The van der Waals surface area contributed by atoms with E-state index in [1.165, 1.54) is 60.3 Å². The van der Waals surface area contributed by atoms with Crippen LogP contribution in [-0.4, -0.2) is 0 Å². The smallest absolute Gasteiger partial charge is 0.0461 e. The molecule has 0 heterocycles. The van der Waals surface area contributed by atoms with E-state index >= 15 is 0 Å². The van der Waals surface area contributed by atoms with Crippen molar-refractivity contribution >= 4 is 17.1 Å². The number of anilines is 3. The molecule has 146 valence electrons. The molecule has 0 radical (unpaired) electrons. The van der Waals surface area contributed by atoms with Gasteiger partial charge in [0, 0.05) is 17.1 Å². The topological polar surface area (TPSA) is 3.24 Å². The standard InChI is InChI=1S/C25H27N.C2H6/c1-20-12-16-24(17-13-20)26(23-10-6-3-7-11-23)25-18-14-22(15-19-25)21-8-4-2-5-9-21;1-2/h3,6-7,10-19,21H,2,4-5,8-9H2,1H3;1-2H3. The zero-order valence-electron chi connectivity index (χ0n) is 17.6. The highest BCUT2D eigenvalue weighted by Crippen LogP contribution is 2.37. The van der Waals surface area contributed by atoms with Crippen LogP contribution in [0.2, 0.25) is 0 Å². The average molecular weight is 372 g/mol. The van der Waals surface area contributed by atoms with Gasteiger partial charge in [0.1, 0.15) is 0 Å². The lowest BCUT2D eigenvalue weighted by molar-refractivity contribution is 0.443. The maximum atomic E-state index is 2.34. The van der Waals surface area contributed by atoms with E-state index in [4.69, 9.17) is 0 Å². The van der Waals surface area contributed by atoms with Crippen LogP contribution in [0.25, 0.3) is 0 Å². The van der Waals surface area contributed by atoms with Crippen molar-refractivity contribution < 1.29 is 0 Å². The van der Waals surface area contributed by atoms with Crippen molar-refractivity contribution in [2.75, 3.05) is 4.90 Å². The number of rotatable bonds is 4. The second kappa shape index (κ2) is 10.1. The maximum Gasteiger partial charge on any atom is 0.0461 e. The van der Waals surface area contributed by atoms with Crippen LogP contribution in [0.3, 0.4) is 0 Å². The molecule has 0 atom stereocenters. The molecule has 1 fully saturated rings. The first-order chi connectivity index (χ1) is 13.8. The summed E-state index contributed by atoms with van der Waals surface area (Å²) in [6.45, 7) is 6.13. The van der Waals surface area contributed by atoms with E-state index in [2.05, 4.69) is 90.7 Å². The van der Waals surface area contributed by atoms with Gasteiger partial charge in [0.25, 0.3) is 0 Å². The Balaban J connectivity index is 0.00000109. The summed E-state index contributed by atoms with van der Waals surface area (Å²) >= 11 is 0. The minimum Gasteiger partial charge on any atom is -0.311 e. The fraction of sp³-hybridized carbons (Fsp3) is 0.333. The first kappa shape index (κ1) is 20.2. The van der Waals surface area contributed by atoms with Gasteiger partial charge in [0.05, 0.1) is 0 Å². The highest BCUT2D eigenvalue weighted by atomic mass is 15.1. The molecule has 0 aliphatic heterocycles. The van der Waals surface area contributed by atoms with Crippen molar-refractivity contribution in [3.8, 4) is 0 Å². The van der Waals surface area contributed by atoms with Gasteiger partial charge in [0.2, 0.25) is 0 Å². The third-order valence-corrected chi connectivity index (χ3v) is 5.53. The Morgan fingerprint density at radius 2 is 1.11 bits per heavy atom. The molecule has 3 aromatic carbocycles. The van der Waals surface area contributed by atoms with Crippen LogP contribution in [0.15, 0.2) is 78.9 Å². The molecular formula is C27H33N. The summed E-state index contributed by atoms with van der Waals surface area (Å²) in [5.74, 6) is 0.752. The predicted molar refractivity (Wildman–Crippen MR) is 123 cm³/mol. The summed E-state index contributed by atoms with van der Waals surface area (Å²) in [6, 6.07) is 28.7. The van der Waals surface area contributed by atoms with Crippen LogP contribution in [0, 0.1) is 6.92 Å². The van der Waals surface area contributed by atoms with E-state index in [0.717, 1.165) is 5.92 Å². The summed E-state index contributed by atoms with van der Waals surface area (Å²) < 4.78 is 0. The van der Waals surface area contributed by atoms with Gasteiger partial charge in [-0.25, -0.2) is 0 Å².